The molecular formula is C25H31N7O. The first-order valence-corrected chi connectivity index (χ1v) is 11.7. The Labute approximate surface area is 193 Å². The van der Waals surface area contributed by atoms with Gasteiger partial charge in [0.15, 0.2) is 0 Å². The lowest BCUT2D eigenvalue weighted by Crippen LogP contribution is -2.27. The molecule has 0 unspecified atom stereocenters. The highest BCUT2D eigenvalue weighted by Crippen LogP contribution is 2.29. The Kier molecular flexibility index (Phi) is 7.12. The van der Waals surface area contributed by atoms with E-state index < -0.39 is 0 Å². The molecule has 4 aromatic rings. The molecule has 2 aromatic carbocycles. The maximum Gasteiger partial charge on any atom is 0.346 e. The van der Waals surface area contributed by atoms with Crippen molar-refractivity contribution in [3.63, 3.8) is 0 Å². The van der Waals surface area contributed by atoms with Crippen molar-refractivity contribution in [3.05, 3.63) is 70.4 Å². The van der Waals surface area contributed by atoms with Gasteiger partial charge >= 0.3 is 5.69 Å². The lowest BCUT2D eigenvalue weighted by atomic mass is 9.98. The molecule has 8 nitrogen and oxygen atoms in total. The third-order valence-electron chi connectivity index (χ3n) is 5.82. The summed E-state index contributed by atoms with van der Waals surface area (Å²) in [4.78, 5) is 13.0. The summed E-state index contributed by atoms with van der Waals surface area (Å²) in [6.07, 6.45) is 5.43. The van der Waals surface area contributed by atoms with Crippen LogP contribution in [0.3, 0.4) is 0 Å². The number of tetrazole rings is 1. The molecule has 0 amide bonds. The van der Waals surface area contributed by atoms with Gasteiger partial charge in [-0.15, -0.1) is 10.2 Å². The number of hydrogen-bond donors (Lipinski definition) is 1. The third-order valence-corrected chi connectivity index (χ3v) is 5.82. The molecule has 1 N–H and O–H groups in total. The minimum atomic E-state index is -0.0398. The Balaban J connectivity index is 1.58. The monoisotopic (exact) mass is 445 g/mol. The van der Waals surface area contributed by atoms with Crippen molar-refractivity contribution < 1.29 is 0 Å². The second kappa shape index (κ2) is 10.4. The summed E-state index contributed by atoms with van der Waals surface area (Å²) in [7, 11) is 0. The molecular weight excluding hydrogens is 414 g/mol. The Bertz CT molecular complexity index is 1220. The molecule has 0 aliphatic heterocycles. The molecule has 0 aliphatic rings. The van der Waals surface area contributed by atoms with E-state index in [1.165, 1.54) is 12.8 Å². The maximum absolute atomic E-state index is 13.0. The van der Waals surface area contributed by atoms with E-state index in [9.17, 15) is 4.79 Å². The van der Waals surface area contributed by atoms with Crippen LogP contribution in [0, 0.1) is 0 Å². The van der Waals surface area contributed by atoms with Crippen LogP contribution >= 0.6 is 0 Å². The zero-order valence-electron chi connectivity index (χ0n) is 19.5. The first-order chi connectivity index (χ1) is 16.1. The number of hydrogen-bond acceptors (Lipinski definition) is 5. The molecule has 2 aromatic heterocycles. The Hall–Kier alpha value is -3.55. The van der Waals surface area contributed by atoms with Crippen LogP contribution in [0.15, 0.2) is 53.3 Å². The quantitative estimate of drug-likeness (QED) is 0.359. The second-order valence-corrected chi connectivity index (χ2v) is 8.61. The zero-order chi connectivity index (χ0) is 23.2. The van der Waals surface area contributed by atoms with Gasteiger partial charge in [-0.05, 0) is 42.2 Å². The van der Waals surface area contributed by atoms with Gasteiger partial charge in [0.1, 0.15) is 5.82 Å². The van der Waals surface area contributed by atoms with E-state index in [-0.39, 0.29) is 11.7 Å². The van der Waals surface area contributed by atoms with Crippen molar-refractivity contribution in [1.82, 2.24) is 35.0 Å². The van der Waals surface area contributed by atoms with Gasteiger partial charge in [-0.3, -0.25) is 4.57 Å². The van der Waals surface area contributed by atoms with Crippen LogP contribution in [0.2, 0.25) is 0 Å². The standard InChI is InChI=1S/C25H31N7O/c1-4-5-6-7-12-23-28-32(18(2)3)25(33)31(23)17-19-13-15-20(16-14-19)21-10-8-9-11-22(21)24-26-29-30-27-24/h8-11,13-16,18H,4-7,12,17H2,1-3H3,(H,26,27,29,30). The number of unbranched alkanes of at least 4 members (excludes halogenated alkanes) is 3. The molecule has 8 heteroatoms. The highest BCUT2D eigenvalue weighted by atomic mass is 16.2. The summed E-state index contributed by atoms with van der Waals surface area (Å²) in [6, 6.07) is 16.3. The molecule has 0 saturated heterocycles. The van der Waals surface area contributed by atoms with Crippen LogP contribution in [0.4, 0.5) is 0 Å². The van der Waals surface area contributed by atoms with Gasteiger partial charge in [0.25, 0.3) is 0 Å². The third kappa shape index (κ3) is 5.10. The number of H-pyrrole nitrogens is 1. The molecule has 0 atom stereocenters. The molecule has 0 fully saturated rings. The van der Waals surface area contributed by atoms with E-state index in [0.717, 1.165) is 47.3 Å². The minimum Gasteiger partial charge on any atom is -0.274 e. The SMILES string of the molecule is CCCCCCc1nn(C(C)C)c(=O)n1Cc1ccc(-c2ccccc2-c2nn[nH]n2)cc1. The van der Waals surface area contributed by atoms with Gasteiger partial charge in [-0.2, -0.15) is 10.3 Å². The molecule has 2 heterocycles. The number of rotatable bonds is 10. The van der Waals surface area contributed by atoms with Crippen LogP contribution in [0.5, 0.6) is 0 Å². The number of nitrogens with zero attached hydrogens (tertiary/aromatic N) is 6. The summed E-state index contributed by atoms with van der Waals surface area (Å²) in [5, 5.41) is 19.1. The highest BCUT2D eigenvalue weighted by Gasteiger charge is 2.16. The lowest BCUT2D eigenvalue weighted by molar-refractivity contribution is 0.504. The van der Waals surface area contributed by atoms with Crippen LogP contribution in [0.25, 0.3) is 22.5 Å². The van der Waals surface area contributed by atoms with Gasteiger partial charge in [-0.1, -0.05) is 74.7 Å². The molecule has 0 saturated carbocycles. The van der Waals surface area contributed by atoms with Crippen molar-refractivity contribution in [2.45, 2.75) is 65.5 Å². The van der Waals surface area contributed by atoms with E-state index in [4.69, 9.17) is 0 Å². The van der Waals surface area contributed by atoms with Crippen molar-refractivity contribution in [2.24, 2.45) is 0 Å². The highest BCUT2D eigenvalue weighted by molar-refractivity contribution is 5.80. The van der Waals surface area contributed by atoms with Gasteiger partial charge in [0.05, 0.1) is 12.6 Å². The Morgan fingerprint density at radius 3 is 2.39 bits per heavy atom. The average Bonchev–Trinajstić information content (AvgIpc) is 3.47. The molecule has 0 bridgehead atoms. The van der Waals surface area contributed by atoms with Gasteiger partial charge in [0, 0.05) is 12.0 Å². The average molecular weight is 446 g/mol. The van der Waals surface area contributed by atoms with Crippen LogP contribution in [-0.2, 0) is 13.0 Å². The topological polar surface area (TPSA) is 94.3 Å². The van der Waals surface area contributed by atoms with Crippen molar-refractivity contribution >= 4 is 0 Å². The maximum atomic E-state index is 13.0. The summed E-state index contributed by atoms with van der Waals surface area (Å²) in [5.41, 5.74) is 4.04. The fourth-order valence-corrected chi connectivity index (χ4v) is 4.02. The van der Waals surface area contributed by atoms with Gasteiger partial charge in [0.2, 0.25) is 5.82 Å². The predicted octanol–water partition coefficient (Wildman–Crippen LogP) is 4.64. The molecule has 0 aliphatic carbocycles. The zero-order valence-corrected chi connectivity index (χ0v) is 19.5. The number of benzene rings is 2. The fourth-order valence-electron chi connectivity index (χ4n) is 4.02. The number of aryl methyl sites for hydroxylation is 1. The van der Waals surface area contributed by atoms with Crippen LogP contribution in [0.1, 0.15) is 63.9 Å². The van der Waals surface area contributed by atoms with Crippen LogP contribution < -0.4 is 5.69 Å². The first kappa shape index (κ1) is 22.6. The summed E-state index contributed by atoms with van der Waals surface area (Å²) in [5.74, 6) is 1.44. The molecule has 172 valence electrons. The number of aromatic amines is 1. The Morgan fingerprint density at radius 2 is 1.73 bits per heavy atom. The van der Waals surface area contributed by atoms with Crippen molar-refractivity contribution in [2.75, 3.05) is 0 Å². The van der Waals surface area contributed by atoms with E-state index >= 15 is 0 Å². The normalized spacial score (nSPS) is 11.4. The lowest BCUT2D eigenvalue weighted by Gasteiger charge is -2.09. The van der Waals surface area contributed by atoms with E-state index in [1.54, 1.807) is 4.68 Å². The molecule has 4 rings (SSSR count). The molecule has 0 spiro atoms. The second-order valence-electron chi connectivity index (χ2n) is 8.61. The van der Waals surface area contributed by atoms with Crippen LogP contribution in [-0.4, -0.2) is 35.0 Å². The predicted molar refractivity (Wildman–Crippen MR) is 129 cm³/mol. The number of nitrogens with one attached hydrogen (secondary N) is 1. The smallest absolute Gasteiger partial charge is 0.274 e. The van der Waals surface area contributed by atoms with Gasteiger partial charge in [-0.25, -0.2) is 9.48 Å². The Morgan fingerprint density at radius 1 is 0.970 bits per heavy atom. The first-order valence-electron chi connectivity index (χ1n) is 11.7. The largest absolute Gasteiger partial charge is 0.346 e. The summed E-state index contributed by atoms with van der Waals surface area (Å²) < 4.78 is 3.43. The van der Waals surface area contributed by atoms with Crippen molar-refractivity contribution in [1.29, 1.82) is 0 Å². The van der Waals surface area contributed by atoms with Gasteiger partial charge < -0.3 is 0 Å². The number of aromatic nitrogens is 7. The van der Waals surface area contributed by atoms with Crippen molar-refractivity contribution in [3.8, 4) is 22.5 Å². The minimum absolute atomic E-state index is 0.0390. The van der Waals surface area contributed by atoms with E-state index in [0.29, 0.717) is 12.4 Å². The van der Waals surface area contributed by atoms with E-state index in [1.807, 2.05) is 42.7 Å². The van der Waals surface area contributed by atoms with E-state index in [2.05, 4.69) is 56.9 Å². The summed E-state index contributed by atoms with van der Waals surface area (Å²) >= 11 is 0. The molecule has 0 radical (unpaired) electrons. The fraction of sp³-hybridized carbons (Fsp3) is 0.400. The molecule has 33 heavy (non-hydrogen) atoms. The summed E-state index contributed by atoms with van der Waals surface area (Å²) in [6.45, 7) is 6.71.